The summed E-state index contributed by atoms with van der Waals surface area (Å²) in [7, 11) is 0. The number of nitro groups is 2. The van der Waals surface area contributed by atoms with Crippen LogP contribution in [-0.4, -0.2) is 87.9 Å². The molecule has 2 atom stereocenters. The first-order chi connectivity index (χ1) is 16.5. The molecule has 0 bridgehead atoms. The molecule has 0 aromatic carbocycles. The zero-order valence-corrected chi connectivity index (χ0v) is 23.6. The Kier molecular flexibility index (Phi) is 17.6. The van der Waals surface area contributed by atoms with E-state index in [1.165, 1.54) is 27.7 Å². The molecule has 21 heteroatoms. The molecule has 0 radical (unpaired) electrons. The average Bonchev–Trinajstić information content (AvgIpc) is 3.32. The fraction of sp³-hybridized carbons (Fsp3) is 0.500. The molecule has 0 spiro atoms. The summed E-state index contributed by atoms with van der Waals surface area (Å²) in [6.45, 7) is 3.81. The number of hydrogen-bond acceptors (Lipinski definition) is 13. The van der Waals surface area contributed by atoms with Gasteiger partial charge in [-0.15, -0.1) is 0 Å². The number of aliphatic carboxylic acids is 1. The maximum atomic E-state index is 13.1. The summed E-state index contributed by atoms with van der Waals surface area (Å²) in [6.07, 6.45) is -2.34. The molecule has 2 aromatic rings. The number of carboxylic acids is 1. The molecule has 0 saturated heterocycles. The van der Waals surface area contributed by atoms with Crippen molar-refractivity contribution in [1.82, 2.24) is 24.0 Å². The van der Waals surface area contributed by atoms with E-state index in [2.05, 4.69) is 9.97 Å². The van der Waals surface area contributed by atoms with Crippen molar-refractivity contribution in [2.45, 2.75) is 40.0 Å². The summed E-state index contributed by atoms with van der Waals surface area (Å²) in [5, 5.41) is 35.0. The van der Waals surface area contributed by atoms with Gasteiger partial charge in [0.05, 0.1) is 19.2 Å². The minimum absolute atomic E-state index is 0. The number of carbonyl (C=O) groups is 3. The van der Waals surface area contributed by atoms with E-state index in [1.807, 2.05) is 0 Å². The molecule has 20 nitrogen and oxygen atoms in total. The van der Waals surface area contributed by atoms with Crippen molar-refractivity contribution in [1.29, 1.82) is 0 Å². The summed E-state index contributed by atoms with van der Waals surface area (Å²) in [6, 6.07) is 0. The van der Waals surface area contributed by atoms with Gasteiger partial charge in [-0.05, 0) is 23.7 Å². The zero-order valence-electron chi connectivity index (χ0n) is 21.6. The van der Waals surface area contributed by atoms with Crippen molar-refractivity contribution in [3.8, 4) is 0 Å². The second-order valence-electron chi connectivity index (χ2n) is 6.88. The smallest absolute Gasteiger partial charge is 0.549 e. The summed E-state index contributed by atoms with van der Waals surface area (Å²) in [5.41, 5.74) is 0. The van der Waals surface area contributed by atoms with Crippen molar-refractivity contribution in [3.05, 3.63) is 44.3 Å². The van der Waals surface area contributed by atoms with Crippen LogP contribution < -0.4 is 34.7 Å². The third kappa shape index (κ3) is 8.74. The van der Waals surface area contributed by atoms with Crippen LogP contribution >= 0.6 is 0 Å². The quantitative estimate of drug-likeness (QED) is 0.0988. The van der Waals surface area contributed by atoms with Crippen molar-refractivity contribution >= 4 is 29.5 Å². The van der Waals surface area contributed by atoms with Gasteiger partial charge < -0.3 is 56.0 Å². The van der Waals surface area contributed by atoms with Gasteiger partial charge in [0.25, 0.3) is 12.3 Å². The Morgan fingerprint density at radius 2 is 1.21 bits per heavy atom. The molecular weight excluding hydrogens is 545 g/mol. The van der Waals surface area contributed by atoms with Gasteiger partial charge in [0.1, 0.15) is 12.4 Å². The van der Waals surface area contributed by atoms with Crippen molar-refractivity contribution in [2.75, 3.05) is 19.8 Å². The molecular formula is C18H28N7NaO13. The maximum absolute atomic E-state index is 13.1. The number of hydrogen-bond donors (Lipinski definition) is 0. The fourth-order valence-corrected chi connectivity index (χ4v) is 3.42. The molecule has 0 aliphatic rings. The number of nitrogens with zero attached hydrogens (tertiary/aromatic N) is 7. The van der Waals surface area contributed by atoms with Gasteiger partial charge in [-0.1, -0.05) is 0 Å². The molecule has 6 N–H and O–H groups in total. The molecule has 0 amide bonds. The molecule has 0 saturated carbocycles. The predicted octanol–water partition coefficient (Wildman–Crippen LogP) is -6.08. The van der Waals surface area contributed by atoms with Crippen molar-refractivity contribution in [3.63, 3.8) is 0 Å². The van der Waals surface area contributed by atoms with E-state index in [1.54, 1.807) is 0 Å². The first-order valence-corrected chi connectivity index (χ1v) is 10.1. The van der Waals surface area contributed by atoms with Gasteiger partial charge in [-0.3, -0.25) is 0 Å². The molecule has 214 valence electrons. The number of esters is 2. The topological polar surface area (TPSA) is 312 Å². The van der Waals surface area contributed by atoms with Crippen LogP contribution in [-0.2, 0) is 23.9 Å². The van der Waals surface area contributed by atoms with Crippen LogP contribution in [0.1, 0.15) is 37.8 Å². The van der Waals surface area contributed by atoms with Gasteiger partial charge in [0.15, 0.2) is 11.6 Å². The monoisotopic (exact) mass is 573 g/mol. The summed E-state index contributed by atoms with van der Waals surface area (Å²) < 4.78 is 11.5. The average molecular weight is 573 g/mol. The number of ether oxygens (including phenoxy) is 2. The summed E-state index contributed by atoms with van der Waals surface area (Å²) in [4.78, 5) is 67.7. The van der Waals surface area contributed by atoms with E-state index in [4.69, 9.17) is 9.47 Å². The largest absolute Gasteiger partial charge is 1.00 e. The molecule has 2 rings (SSSR count). The van der Waals surface area contributed by atoms with Crippen molar-refractivity contribution in [2.24, 2.45) is 0 Å². The Balaban J connectivity index is -0.00000324. The number of imidazole rings is 2. The number of carboxylic acid groups (broad SMARTS) is 1. The van der Waals surface area contributed by atoms with Gasteiger partial charge in [-0.2, -0.15) is 14.0 Å². The second kappa shape index (κ2) is 17.1. The number of rotatable bonds is 12. The predicted molar refractivity (Wildman–Crippen MR) is 121 cm³/mol. The Morgan fingerprint density at radius 3 is 1.46 bits per heavy atom. The Hall–Kier alpha value is -3.53. The van der Waals surface area contributed by atoms with E-state index in [0.29, 0.717) is 4.90 Å². The van der Waals surface area contributed by atoms with Gasteiger partial charge >= 0.3 is 53.1 Å². The molecule has 0 fully saturated rings. The number of aromatic nitrogens is 4. The molecule has 0 aliphatic carbocycles. The Labute approximate surface area is 242 Å². The molecule has 2 aromatic heterocycles. The normalized spacial score (nSPS) is 11.4. The van der Waals surface area contributed by atoms with Crippen molar-refractivity contribution < 1.29 is 84.8 Å². The van der Waals surface area contributed by atoms with E-state index in [-0.39, 0.29) is 70.8 Å². The van der Waals surface area contributed by atoms with E-state index >= 15 is 0 Å². The molecule has 39 heavy (non-hydrogen) atoms. The third-order valence-electron chi connectivity index (χ3n) is 4.72. The molecule has 2 unspecified atom stereocenters. The summed E-state index contributed by atoms with van der Waals surface area (Å²) in [5.74, 6) is -5.91. The first-order valence-electron chi connectivity index (χ1n) is 10.1. The van der Waals surface area contributed by atoms with E-state index < -0.39 is 58.3 Å². The van der Waals surface area contributed by atoms with E-state index in [0.717, 1.165) is 21.5 Å². The van der Waals surface area contributed by atoms with Crippen LogP contribution in [0.3, 0.4) is 0 Å². The Bertz CT molecular complexity index is 1070. The second-order valence-corrected chi connectivity index (χ2v) is 6.88. The number of carbonyl (C=O) groups excluding carboxylic acids is 3. The zero-order chi connectivity index (χ0) is 26.4. The minimum Gasteiger partial charge on any atom is -0.549 e. The third-order valence-corrected chi connectivity index (χ3v) is 4.72. The van der Waals surface area contributed by atoms with Gasteiger partial charge in [0.2, 0.25) is 0 Å². The molecule has 2 heterocycles. The van der Waals surface area contributed by atoms with Crippen LogP contribution in [0.25, 0.3) is 0 Å². The van der Waals surface area contributed by atoms with E-state index in [9.17, 15) is 39.7 Å². The van der Waals surface area contributed by atoms with Gasteiger partial charge in [-0.25, -0.2) is 19.6 Å². The van der Waals surface area contributed by atoms with Crippen LogP contribution in [0, 0.1) is 34.1 Å². The van der Waals surface area contributed by atoms with Crippen LogP contribution in [0.4, 0.5) is 11.6 Å². The fourth-order valence-electron chi connectivity index (χ4n) is 3.42. The van der Waals surface area contributed by atoms with Crippen LogP contribution in [0.5, 0.6) is 0 Å². The van der Waals surface area contributed by atoms with Crippen LogP contribution in [0.2, 0.25) is 0 Å². The number of aryl methyl sites for hydroxylation is 2. The van der Waals surface area contributed by atoms with Crippen LogP contribution in [0.15, 0.2) is 12.4 Å². The van der Waals surface area contributed by atoms with Gasteiger partial charge in [0, 0.05) is 20.4 Å². The minimum atomic E-state index is -1.99. The molecule has 0 aliphatic heterocycles. The maximum Gasteiger partial charge on any atom is 1.00 e. The SMILES string of the molecule is CCOC(=O)C(N(CC(=O)[O-])C(C(=O)OCC)n1c([N+](=O)[O-])cnc1C)n1c([N+](=O)[O-])cnc1C.O.O.O.[Na+]. The first kappa shape index (κ1) is 40.0. The standard InChI is InChI=1S/C18H23N7O10.Na.3H2O/c1-5-34-17(28)15(22-10(3)19-7-12(22)24(30)31)21(9-14(26)27)16(18(29)35-6-2)23-11(4)20-8-13(23)25(32)33;;;;/h7-8,15-16H,5-6,9H2,1-4H3,(H,26,27);;3*1H2/q;+1;;;/p-1. The Morgan fingerprint density at radius 1 is 0.872 bits per heavy atom. The summed E-state index contributed by atoms with van der Waals surface area (Å²) >= 11 is 0.